The van der Waals surface area contributed by atoms with Crippen molar-refractivity contribution >= 4 is 11.9 Å². The van der Waals surface area contributed by atoms with Crippen molar-refractivity contribution in [1.82, 2.24) is 0 Å². The summed E-state index contributed by atoms with van der Waals surface area (Å²) in [6, 6.07) is 0. The fraction of sp³-hybridized carbons (Fsp3) is 0.684. The number of hydrogen-bond acceptors (Lipinski definition) is 5. The Labute approximate surface area is 144 Å². The van der Waals surface area contributed by atoms with Crippen LogP contribution in [0.15, 0.2) is 25.3 Å². The molecule has 1 aliphatic heterocycles. The highest BCUT2D eigenvalue weighted by molar-refractivity contribution is 5.81. The zero-order valence-electron chi connectivity index (χ0n) is 14.9. The molecule has 1 saturated heterocycles. The minimum atomic E-state index is -0.384. The van der Waals surface area contributed by atoms with E-state index in [2.05, 4.69) is 38.7 Å². The molecule has 0 radical (unpaired) electrons. The Balaban J connectivity index is 0.000000198. The molecule has 0 aromatic carbocycles. The fourth-order valence-electron chi connectivity index (χ4n) is 3.90. The molecule has 2 aliphatic carbocycles. The van der Waals surface area contributed by atoms with Gasteiger partial charge in [0.2, 0.25) is 0 Å². The van der Waals surface area contributed by atoms with Gasteiger partial charge in [-0.25, -0.2) is 9.59 Å². The minimum Gasteiger partial charge on any atom is -0.460 e. The quantitative estimate of drug-likeness (QED) is 0.439. The molecule has 3 rings (SSSR count). The second-order valence-corrected chi connectivity index (χ2v) is 7.53. The summed E-state index contributed by atoms with van der Waals surface area (Å²) >= 11 is 0. The van der Waals surface area contributed by atoms with E-state index < -0.39 is 0 Å². The highest BCUT2D eigenvalue weighted by Crippen LogP contribution is 2.66. The third-order valence-corrected chi connectivity index (χ3v) is 6.12. The van der Waals surface area contributed by atoms with Gasteiger partial charge in [-0.15, -0.1) is 0 Å². The first-order valence-corrected chi connectivity index (χ1v) is 8.48. The topological polar surface area (TPSA) is 65.1 Å². The van der Waals surface area contributed by atoms with Crippen LogP contribution in [0, 0.1) is 16.7 Å². The monoisotopic (exact) mass is 336 g/mol. The summed E-state index contributed by atoms with van der Waals surface area (Å²) in [5.74, 6) is 0.0557. The lowest BCUT2D eigenvalue weighted by atomic mass is 9.70. The zero-order chi connectivity index (χ0) is 18.0. The third-order valence-electron chi connectivity index (χ3n) is 6.12. The molecule has 4 unspecified atom stereocenters. The van der Waals surface area contributed by atoms with Gasteiger partial charge in [0.25, 0.3) is 0 Å². The van der Waals surface area contributed by atoms with Crippen LogP contribution in [0.4, 0.5) is 0 Å². The van der Waals surface area contributed by atoms with E-state index >= 15 is 0 Å². The van der Waals surface area contributed by atoms with Crippen LogP contribution >= 0.6 is 0 Å². The molecular formula is C19H28O5. The summed E-state index contributed by atoms with van der Waals surface area (Å²) in [6.45, 7) is 14.7. The molecule has 4 atom stereocenters. The second-order valence-electron chi connectivity index (χ2n) is 7.53. The van der Waals surface area contributed by atoms with E-state index in [1.165, 1.54) is 18.9 Å². The summed E-state index contributed by atoms with van der Waals surface area (Å²) in [7, 11) is 0. The van der Waals surface area contributed by atoms with E-state index in [0.717, 1.165) is 12.5 Å². The van der Waals surface area contributed by atoms with Crippen molar-refractivity contribution in [2.45, 2.75) is 52.2 Å². The lowest BCUT2D eigenvalue weighted by molar-refractivity contribution is -0.150. The van der Waals surface area contributed by atoms with E-state index in [1.807, 2.05) is 0 Å². The Morgan fingerprint density at radius 3 is 2.25 bits per heavy atom. The highest BCUT2D eigenvalue weighted by Gasteiger charge is 2.62. The number of esters is 2. The van der Waals surface area contributed by atoms with Gasteiger partial charge in [-0.2, -0.15) is 0 Å². The molecule has 3 fully saturated rings. The molecule has 0 aromatic heterocycles. The molecule has 3 aliphatic rings. The molecule has 134 valence electrons. The number of fused-ring (bicyclic) bond motifs is 2. The number of ether oxygens (including phenoxy) is 3. The van der Waals surface area contributed by atoms with Gasteiger partial charge in [0.05, 0.1) is 6.61 Å². The SMILES string of the molecule is C=CC(=O)OC1CC2CCC1(C)C2(C)C.C=CC(=O)OCC1CO1. The normalized spacial score (nSPS) is 34.5. The number of rotatable bonds is 5. The van der Waals surface area contributed by atoms with Gasteiger partial charge >= 0.3 is 11.9 Å². The van der Waals surface area contributed by atoms with Crippen LogP contribution in [0.25, 0.3) is 0 Å². The molecule has 1 heterocycles. The van der Waals surface area contributed by atoms with E-state index in [1.54, 1.807) is 0 Å². The number of epoxide rings is 1. The van der Waals surface area contributed by atoms with E-state index in [-0.39, 0.29) is 29.6 Å². The van der Waals surface area contributed by atoms with Crippen LogP contribution in [0.5, 0.6) is 0 Å². The van der Waals surface area contributed by atoms with Crippen molar-refractivity contribution in [1.29, 1.82) is 0 Å². The number of carbonyl (C=O) groups is 2. The van der Waals surface area contributed by atoms with Crippen LogP contribution in [0.2, 0.25) is 0 Å². The van der Waals surface area contributed by atoms with Crippen molar-refractivity contribution in [3.8, 4) is 0 Å². The predicted molar refractivity (Wildman–Crippen MR) is 90.2 cm³/mol. The fourth-order valence-corrected chi connectivity index (χ4v) is 3.90. The first kappa shape index (κ1) is 18.7. The van der Waals surface area contributed by atoms with E-state index in [4.69, 9.17) is 9.47 Å². The van der Waals surface area contributed by atoms with Crippen molar-refractivity contribution < 1.29 is 23.8 Å². The molecule has 5 nitrogen and oxygen atoms in total. The van der Waals surface area contributed by atoms with Crippen molar-refractivity contribution in [3.63, 3.8) is 0 Å². The molecule has 2 bridgehead atoms. The average molecular weight is 336 g/mol. The van der Waals surface area contributed by atoms with Crippen LogP contribution in [-0.4, -0.2) is 37.4 Å². The van der Waals surface area contributed by atoms with Crippen molar-refractivity contribution in [2.75, 3.05) is 13.2 Å². The van der Waals surface area contributed by atoms with E-state index in [0.29, 0.717) is 24.5 Å². The van der Waals surface area contributed by atoms with Crippen molar-refractivity contribution in [3.05, 3.63) is 25.3 Å². The van der Waals surface area contributed by atoms with Crippen LogP contribution in [0.3, 0.4) is 0 Å². The zero-order valence-corrected chi connectivity index (χ0v) is 14.9. The third kappa shape index (κ3) is 3.72. The predicted octanol–water partition coefficient (Wildman–Crippen LogP) is 3.04. The Bertz CT molecular complexity index is 520. The molecule has 0 amide bonds. The largest absolute Gasteiger partial charge is 0.460 e. The van der Waals surface area contributed by atoms with Gasteiger partial charge in [0.1, 0.15) is 18.8 Å². The summed E-state index contributed by atoms with van der Waals surface area (Å²) < 4.78 is 14.9. The second kappa shape index (κ2) is 7.09. The maximum Gasteiger partial charge on any atom is 0.330 e. The van der Waals surface area contributed by atoms with Gasteiger partial charge < -0.3 is 14.2 Å². The van der Waals surface area contributed by atoms with Crippen molar-refractivity contribution in [2.24, 2.45) is 16.7 Å². The first-order chi connectivity index (χ1) is 11.2. The Kier molecular flexibility index (Phi) is 5.53. The molecule has 2 saturated carbocycles. The standard InChI is InChI=1S/C13H20O2.C6H8O3/c1-5-11(14)15-10-8-9-6-7-13(10,4)12(9,2)3;1-2-6(7)9-4-5-3-8-5/h5,9-10H,1,6-8H2,2-4H3;2,5H,1,3-4H2. The summed E-state index contributed by atoms with van der Waals surface area (Å²) in [6.07, 6.45) is 6.14. The molecule has 0 N–H and O–H groups in total. The van der Waals surface area contributed by atoms with Gasteiger partial charge in [0, 0.05) is 17.6 Å². The highest BCUT2D eigenvalue weighted by atomic mass is 16.6. The minimum absolute atomic E-state index is 0.0942. The molecule has 24 heavy (non-hydrogen) atoms. The van der Waals surface area contributed by atoms with Crippen LogP contribution < -0.4 is 0 Å². The maximum absolute atomic E-state index is 11.3. The maximum atomic E-state index is 11.3. The molecular weight excluding hydrogens is 308 g/mol. The van der Waals surface area contributed by atoms with E-state index in [9.17, 15) is 9.59 Å². The Morgan fingerprint density at radius 2 is 1.83 bits per heavy atom. The lowest BCUT2D eigenvalue weighted by Gasteiger charge is -2.38. The number of carbonyl (C=O) groups excluding carboxylic acids is 2. The first-order valence-electron chi connectivity index (χ1n) is 8.48. The van der Waals surface area contributed by atoms with Gasteiger partial charge in [0.15, 0.2) is 0 Å². The van der Waals surface area contributed by atoms with Gasteiger partial charge in [-0.1, -0.05) is 33.9 Å². The Hall–Kier alpha value is -1.62. The summed E-state index contributed by atoms with van der Waals surface area (Å²) in [5, 5.41) is 0. The summed E-state index contributed by atoms with van der Waals surface area (Å²) in [5.41, 5.74) is 0.468. The molecule has 0 spiro atoms. The summed E-state index contributed by atoms with van der Waals surface area (Å²) in [4.78, 5) is 21.6. The van der Waals surface area contributed by atoms with Crippen LogP contribution in [-0.2, 0) is 23.8 Å². The smallest absolute Gasteiger partial charge is 0.330 e. The average Bonchev–Trinajstić information content (AvgIpc) is 3.33. The molecule has 0 aromatic rings. The lowest BCUT2D eigenvalue weighted by Crippen LogP contribution is -2.38. The Morgan fingerprint density at radius 1 is 1.21 bits per heavy atom. The van der Waals surface area contributed by atoms with Crippen LogP contribution in [0.1, 0.15) is 40.0 Å². The van der Waals surface area contributed by atoms with Gasteiger partial charge in [-0.3, -0.25) is 0 Å². The molecule has 5 heteroatoms. The number of hydrogen-bond donors (Lipinski definition) is 0. The van der Waals surface area contributed by atoms with Gasteiger partial charge in [-0.05, 0) is 30.6 Å².